The van der Waals surface area contributed by atoms with Gasteiger partial charge in [-0.1, -0.05) is 6.07 Å². The van der Waals surface area contributed by atoms with Crippen molar-refractivity contribution < 1.29 is 9.53 Å². The number of nitrogens with one attached hydrogen (secondary N) is 1. The van der Waals surface area contributed by atoms with Crippen LogP contribution < -0.4 is 20.5 Å². The fourth-order valence-electron chi connectivity index (χ4n) is 2.96. The Labute approximate surface area is 146 Å². The van der Waals surface area contributed by atoms with Crippen LogP contribution in [0.15, 0.2) is 35.1 Å². The molecule has 0 spiro atoms. The largest absolute Gasteiger partial charge is 0.497 e. The molecule has 0 atom stereocenters. The van der Waals surface area contributed by atoms with E-state index in [-0.39, 0.29) is 18.0 Å². The normalized spacial score (nSPS) is 13.8. The summed E-state index contributed by atoms with van der Waals surface area (Å²) in [6.07, 6.45) is 2.14. The number of ether oxygens (including phenoxy) is 1. The molecule has 25 heavy (non-hydrogen) atoms. The molecule has 0 radical (unpaired) electrons. The zero-order chi connectivity index (χ0) is 17.8. The minimum absolute atomic E-state index is 0.0742. The van der Waals surface area contributed by atoms with E-state index in [0.717, 1.165) is 25.9 Å². The summed E-state index contributed by atoms with van der Waals surface area (Å²) in [7, 11) is 1.57. The van der Waals surface area contributed by atoms with Gasteiger partial charge in [0.05, 0.1) is 7.11 Å². The van der Waals surface area contributed by atoms with E-state index in [0.29, 0.717) is 23.1 Å². The van der Waals surface area contributed by atoms with Gasteiger partial charge < -0.3 is 15.0 Å². The van der Waals surface area contributed by atoms with Gasteiger partial charge in [0.2, 0.25) is 11.9 Å². The average molecular weight is 342 g/mol. The van der Waals surface area contributed by atoms with Crippen molar-refractivity contribution >= 4 is 17.5 Å². The summed E-state index contributed by atoms with van der Waals surface area (Å²) < 4.78 is 6.59. The topological polar surface area (TPSA) is 76.5 Å². The Morgan fingerprint density at radius 3 is 2.76 bits per heavy atom. The van der Waals surface area contributed by atoms with E-state index in [1.807, 2.05) is 0 Å². The summed E-state index contributed by atoms with van der Waals surface area (Å²) in [5.41, 5.74) is 1.08. The third-order valence-electron chi connectivity index (χ3n) is 4.16. The fraction of sp³-hybridized carbons (Fsp3) is 0.389. The van der Waals surface area contributed by atoms with Gasteiger partial charge in [0.1, 0.15) is 12.3 Å². The van der Waals surface area contributed by atoms with E-state index in [1.165, 1.54) is 10.6 Å². The van der Waals surface area contributed by atoms with Crippen LogP contribution in [0.4, 0.5) is 11.6 Å². The third-order valence-corrected chi connectivity index (χ3v) is 4.16. The Morgan fingerprint density at radius 2 is 2.04 bits per heavy atom. The highest BCUT2D eigenvalue weighted by atomic mass is 16.5. The maximum Gasteiger partial charge on any atom is 0.255 e. The van der Waals surface area contributed by atoms with Crippen LogP contribution >= 0.6 is 0 Å². The maximum absolute atomic E-state index is 12.4. The van der Waals surface area contributed by atoms with Gasteiger partial charge in [-0.2, -0.15) is 0 Å². The molecule has 1 amide bonds. The fourth-order valence-corrected chi connectivity index (χ4v) is 2.96. The number of aromatic nitrogens is 2. The van der Waals surface area contributed by atoms with Crippen LogP contribution in [0.2, 0.25) is 0 Å². The van der Waals surface area contributed by atoms with Gasteiger partial charge in [0.15, 0.2) is 0 Å². The SMILES string of the molecule is COc1cccc(NC(=O)Cn2c(N3CCCC3)nc(C)cc2=O)c1. The average Bonchev–Trinajstić information content (AvgIpc) is 3.11. The van der Waals surface area contributed by atoms with Gasteiger partial charge in [-0.15, -0.1) is 0 Å². The second kappa shape index (κ2) is 7.38. The highest BCUT2D eigenvalue weighted by molar-refractivity contribution is 5.90. The van der Waals surface area contributed by atoms with Crippen molar-refractivity contribution in [1.82, 2.24) is 9.55 Å². The van der Waals surface area contributed by atoms with E-state index in [9.17, 15) is 9.59 Å². The zero-order valence-corrected chi connectivity index (χ0v) is 14.5. The lowest BCUT2D eigenvalue weighted by Crippen LogP contribution is -2.34. The molecule has 0 bridgehead atoms. The van der Waals surface area contributed by atoms with Crippen molar-refractivity contribution in [3.05, 3.63) is 46.4 Å². The quantitative estimate of drug-likeness (QED) is 0.897. The molecular formula is C18H22N4O3. The number of carbonyl (C=O) groups excluding carboxylic acids is 1. The lowest BCUT2D eigenvalue weighted by atomic mass is 10.3. The summed E-state index contributed by atoms with van der Waals surface area (Å²) in [6, 6.07) is 8.56. The van der Waals surface area contributed by atoms with E-state index in [4.69, 9.17) is 4.74 Å². The Bertz CT molecular complexity index is 825. The Kier molecular flexibility index (Phi) is 5.02. The van der Waals surface area contributed by atoms with Crippen molar-refractivity contribution in [2.24, 2.45) is 0 Å². The molecule has 7 heteroatoms. The van der Waals surface area contributed by atoms with E-state index < -0.39 is 0 Å². The minimum Gasteiger partial charge on any atom is -0.497 e. The molecule has 1 N–H and O–H groups in total. The second-order valence-electron chi connectivity index (χ2n) is 6.10. The number of rotatable bonds is 5. The first-order valence-corrected chi connectivity index (χ1v) is 8.34. The molecule has 2 aromatic rings. The van der Waals surface area contributed by atoms with E-state index in [1.54, 1.807) is 38.3 Å². The highest BCUT2D eigenvalue weighted by Gasteiger charge is 2.20. The number of hydrogen-bond donors (Lipinski definition) is 1. The molecule has 0 aliphatic carbocycles. The smallest absolute Gasteiger partial charge is 0.255 e. The number of methoxy groups -OCH3 is 1. The number of amides is 1. The Balaban J connectivity index is 1.81. The zero-order valence-electron chi connectivity index (χ0n) is 14.5. The van der Waals surface area contributed by atoms with E-state index >= 15 is 0 Å². The van der Waals surface area contributed by atoms with Crippen LogP contribution in [0.1, 0.15) is 18.5 Å². The molecule has 1 aliphatic rings. The molecule has 3 rings (SSSR count). The van der Waals surface area contributed by atoms with Crippen LogP contribution in [0, 0.1) is 6.92 Å². The van der Waals surface area contributed by atoms with Crippen molar-refractivity contribution in [2.45, 2.75) is 26.3 Å². The van der Waals surface area contributed by atoms with Gasteiger partial charge >= 0.3 is 0 Å². The van der Waals surface area contributed by atoms with Crippen LogP contribution in [-0.4, -0.2) is 35.7 Å². The lowest BCUT2D eigenvalue weighted by molar-refractivity contribution is -0.116. The molecule has 132 valence electrons. The number of aryl methyl sites for hydroxylation is 1. The first-order chi connectivity index (χ1) is 12.1. The van der Waals surface area contributed by atoms with Gasteiger partial charge in [-0.05, 0) is 31.9 Å². The first-order valence-electron chi connectivity index (χ1n) is 8.34. The number of hydrogen-bond acceptors (Lipinski definition) is 5. The molecule has 1 aromatic heterocycles. The predicted molar refractivity (Wildman–Crippen MR) is 96.3 cm³/mol. The Hall–Kier alpha value is -2.83. The summed E-state index contributed by atoms with van der Waals surface area (Å²) in [4.78, 5) is 31.4. The Morgan fingerprint density at radius 1 is 1.28 bits per heavy atom. The molecule has 1 saturated heterocycles. The number of carbonyl (C=O) groups is 1. The first kappa shape index (κ1) is 17.0. The number of benzene rings is 1. The molecule has 7 nitrogen and oxygen atoms in total. The molecule has 2 heterocycles. The van der Waals surface area contributed by atoms with Crippen molar-refractivity contribution in [2.75, 3.05) is 30.4 Å². The molecule has 1 fully saturated rings. The van der Waals surface area contributed by atoms with Gasteiger partial charge in [-0.25, -0.2) is 4.98 Å². The second-order valence-corrected chi connectivity index (χ2v) is 6.10. The molecule has 0 unspecified atom stereocenters. The van der Waals surface area contributed by atoms with Gasteiger partial charge in [-0.3, -0.25) is 14.2 Å². The molecule has 0 saturated carbocycles. The summed E-state index contributed by atoms with van der Waals surface area (Å²) in [5, 5.41) is 2.80. The maximum atomic E-state index is 12.4. The summed E-state index contributed by atoms with van der Waals surface area (Å²) in [6.45, 7) is 3.43. The third kappa shape index (κ3) is 3.99. The molecule has 1 aliphatic heterocycles. The lowest BCUT2D eigenvalue weighted by Gasteiger charge is -2.21. The molecular weight excluding hydrogens is 320 g/mol. The number of anilines is 2. The predicted octanol–water partition coefficient (Wildman–Crippen LogP) is 1.80. The van der Waals surface area contributed by atoms with Gasteiger partial charge in [0, 0.05) is 36.6 Å². The van der Waals surface area contributed by atoms with Crippen LogP contribution in [0.3, 0.4) is 0 Å². The summed E-state index contributed by atoms with van der Waals surface area (Å²) >= 11 is 0. The van der Waals surface area contributed by atoms with E-state index in [2.05, 4.69) is 15.2 Å². The van der Waals surface area contributed by atoms with Crippen molar-refractivity contribution in [3.8, 4) is 5.75 Å². The number of nitrogens with zero attached hydrogens (tertiary/aromatic N) is 3. The minimum atomic E-state index is -0.276. The van der Waals surface area contributed by atoms with Crippen LogP contribution in [-0.2, 0) is 11.3 Å². The summed E-state index contributed by atoms with van der Waals surface area (Å²) in [5.74, 6) is 0.953. The molecule has 1 aromatic carbocycles. The van der Waals surface area contributed by atoms with Gasteiger partial charge in [0.25, 0.3) is 5.56 Å². The van der Waals surface area contributed by atoms with Crippen molar-refractivity contribution in [1.29, 1.82) is 0 Å². The van der Waals surface area contributed by atoms with Crippen LogP contribution in [0.5, 0.6) is 5.75 Å². The van der Waals surface area contributed by atoms with Crippen LogP contribution in [0.25, 0.3) is 0 Å². The van der Waals surface area contributed by atoms with Crippen molar-refractivity contribution in [3.63, 3.8) is 0 Å². The standard InChI is InChI=1S/C18H22N4O3/c1-13-10-17(24)22(18(19-13)21-8-3-4-9-21)12-16(23)20-14-6-5-7-15(11-14)25-2/h5-7,10-11H,3-4,8-9,12H2,1-2H3,(H,20,23). The highest BCUT2D eigenvalue weighted by Crippen LogP contribution is 2.18. The monoisotopic (exact) mass is 342 g/mol.